The molecule has 0 saturated carbocycles. The Balaban J connectivity index is 1.84. The molecule has 7 heteroatoms. The van der Waals surface area contributed by atoms with E-state index >= 15 is 0 Å². The van der Waals surface area contributed by atoms with Crippen LogP contribution in [-0.2, 0) is 0 Å². The monoisotopic (exact) mass is 309 g/mol. The summed E-state index contributed by atoms with van der Waals surface area (Å²) >= 11 is 5.79. The fourth-order valence-corrected chi connectivity index (χ4v) is 3.43. The molecule has 3 rings (SSSR count). The van der Waals surface area contributed by atoms with E-state index < -0.39 is 4.92 Å². The van der Waals surface area contributed by atoms with E-state index in [2.05, 4.69) is 5.32 Å². The average molecular weight is 310 g/mol. The molecule has 21 heavy (non-hydrogen) atoms. The molecule has 1 aromatic rings. The summed E-state index contributed by atoms with van der Waals surface area (Å²) in [4.78, 5) is 24.9. The summed E-state index contributed by atoms with van der Waals surface area (Å²) in [5.74, 6) is -0.276. The van der Waals surface area contributed by atoms with Gasteiger partial charge in [0.2, 0.25) is 0 Å². The molecule has 0 radical (unpaired) electrons. The fraction of sp³-hybridized carbons (Fsp3) is 0.500. The first-order valence-corrected chi connectivity index (χ1v) is 7.33. The third-order valence-electron chi connectivity index (χ3n) is 4.44. The molecule has 2 heterocycles. The van der Waals surface area contributed by atoms with Crippen LogP contribution in [0.4, 0.5) is 5.69 Å². The van der Waals surface area contributed by atoms with E-state index in [9.17, 15) is 14.9 Å². The van der Waals surface area contributed by atoms with Gasteiger partial charge in [-0.15, -0.1) is 0 Å². The van der Waals surface area contributed by atoms with Crippen molar-refractivity contribution in [3.05, 3.63) is 38.9 Å². The normalized spacial score (nSPS) is 24.7. The Bertz CT molecular complexity index is 599. The van der Waals surface area contributed by atoms with Crippen LogP contribution in [0.25, 0.3) is 0 Å². The minimum atomic E-state index is -0.553. The van der Waals surface area contributed by atoms with Gasteiger partial charge in [0, 0.05) is 36.1 Å². The van der Waals surface area contributed by atoms with E-state index in [-0.39, 0.29) is 27.6 Å². The lowest BCUT2D eigenvalue weighted by atomic mass is 9.86. The van der Waals surface area contributed by atoms with E-state index in [1.165, 1.54) is 18.2 Å². The van der Waals surface area contributed by atoms with E-state index in [4.69, 9.17) is 11.6 Å². The Morgan fingerprint density at radius 1 is 1.43 bits per heavy atom. The van der Waals surface area contributed by atoms with Crippen molar-refractivity contribution in [1.29, 1.82) is 0 Å². The van der Waals surface area contributed by atoms with E-state index in [1.54, 1.807) is 4.90 Å². The van der Waals surface area contributed by atoms with Gasteiger partial charge in [0.15, 0.2) is 0 Å². The molecule has 0 aromatic heterocycles. The number of nitro benzene ring substituents is 1. The van der Waals surface area contributed by atoms with Crippen molar-refractivity contribution in [2.45, 2.75) is 12.8 Å². The van der Waals surface area contributed by atoms with Gasteiger partial charge in [0.1, 0.15) is 5.56 Å². The summed E-state index contributed by atoms with van der Waals surface area (Å²) in [6.07, 6.45) is 2.01. The van der Waals surface area contributed by atoms with Crippen LogP contribution in [0.15, 0.2) is 18.2 Å². The van der Waals surface area contributed by atoms with Crippen molar-refractivity contribution in [2.75, 3.05) is 26.2 Å². The average Bonchev–Trinajstić information content (AvgIpc) is 3.09. The first kappa shape index (κ1) is 14.3. The molecule has 6 nitrogen and oxygen atoms in total. The SMILES string of the molecule is O=C(c1ccc(Cl)cc1[N+](=O)[O-])N1CCC2(CCNC2)C1. The van der Waals surface area contributed by atoms with Gasteiger partial charge in [-0.1, -0.05) is 11.6 Å². The van der Waals surface area contributed by atoms with Crippen LogP contribution in [-0.4, -0.2) is 41.9 Å². The highest BCUT2D eigenvalue weighted by Gasteiger charge is 2.42. The van der Waals surface area contributed by atoms with E-state index in [0.717, 1.165) is 25.9 Å². The molecule has 2 fully saturated rings. The molecule has 1 N–H and O–H groups in total. The molecule has 2 aliphatic rings. The van der Waals surface area contributed by atoms with Crippen molar-refractivity contribution in [2.24, 2.45) is 5.41 Å². The summed E-state index contributed by atoms with van der Waals surface area (Å²) in [6.45, 7) is 3.21. The summed E-state index contributed by atoms with van der Waals surface area (Å²) in [5, 5.41) is 14.7. The van der Waals surface area contributed by atoms with Crippen molar-refractivity contribution in [3.8, 4) is 0 Å². The van der Waals surface area contributed by atoms with Gasteiger partial charge in [-0.2, -0.15) is 0 Å². The second-order valence-electron chi connectivity index (χ2n) is 5.82. The molecule has 1 spiro atoms. The number of nitrogens with zero attached hydrogens (tertiary/aromatic N) is 2. The molecule has 1 aromatic carbocycles. The Kier molecular flexibility index (Phi) is 3.59. The number of likely N-dealkylation sites (tertiary alicyclic amines) is 1. The summed E-state index contributed by atoms with van der Waals surface area (Å²) in [6, 6.07) is 4.20. The number of amides is 1. The van der Waals surface area contributed by atoms with Gasteiger partial charge >= 0.3 is 0 Å². The van der Waals surface area contributed by atoms with Gasteiger partial charge in [-0.05, 0) is 31.5 Å². The second kappa shape index (κ2) is 5.27. The van der Waals surface area contributed by atoms with Crippen molar-refractivity contribution in [3.63, 3.8) is 0 Å². The van der Waals surface area contributed by atoms with Gasteiger partial charge in [-0.3, -0.25) is 14.9 Å². The molecule has 1 atom stereocenters. The minimum absolute atomic E-state index is 0.118. The Labute approximate surface area is 127 Å². The molecular formula is C14H16ClN3O3. The van der Waals surface area contributed by atoms with Crippen molar-refractivity contribution < 1.29 is 9.72 Å². The largest absolute Gasteiger partial charge is 0.338 e. The van der Waals surface area contributed by atoms with Gasteiger partial charge in [0.05, 0.1) is 4.92 Å². The highest BCUT2D eigenvalue weighted by molar-refractivity contribution is 6.31. The molecular weight excluding hydrogens is 294 g/mol. The highest BCUT2D eigenvalue weighted by atomic mass is 35.5. The highest BCUT2D eigenvalue weighted by Crippen LogP contribution is 2.37. The number of carbonyl (C=O) groups is 1. The smallest absolute Gasteiger partial charge is 0.283 e. The lowest BCUT2D eigenvalue weighted by molar-refractivity contribution is -0.385. The topological polar surface area (TPSA) is 75.5 Å². The predicted octanol–water partition coefficient (Wildman–Crippen LogP) is 2.07. The van der Waals surface area contributed by atoms with Crippen molar-refractivity contribution in [1.82, 2.24) is 10.2 Å². The molecule has 2 aliphatic heterocycles. The zero-order chi connectivity index (χ0) is 15.0. The number of rotatable bonds is 2. The van der Waals surface area contributed by atoms with E-state index in [1.807, 2.05) is 0 Å². The number of hydrogen-bond acceptors (Lipinski definition) is 4. The molecule has 112 valence electrons. The van der Waals surface area contributed by atoms with Crippen LogP contribution in [0, 0.1) is 15.5 Å². The van der Waals surface area contributed by atoms with Crippen LogP contribution < -0.4 is 5.32 Å². The van der Waals surface area contributed by atoms with Crippen LogP contribution in [0.5, 0.6) is 0 Å². The molecule has 1 unspecified atom stereocenters. The zero-order valence-corrected chi connectivity index (χ0v) is 12.2. The first-order chi connectivity index (χ1) is 10.0. The number of benzene rings is 1. The third kappa shape index (κ3) is 2.61. The lowest BCUT2D eigenvalue weighted by Crippen LogP contribution is -2.33. The molecule has 0 bridgehead atoms. The number of carbonyl (C=O) groups excluding carboxylic acids is 1. The maximum atomic E-state index is 12.6. The minimum Gasteiger partial charge on any atom is -0.338 e. The van der Waals surface area contributed by atoms with Crippen LogP contribution in [0.2, 0.25) is 5.02 Å². The summed E-state index contributed by atoms with van der Waals surface area (Å²) < 4.78 is 0. The van der Waals surface area contributed by atoms with Gasteiger partial charge < -0.3 is 10.2 Å². The second-order valence-corrected chi connectivity index (χ2v) is 6.26. The number of nitro groups is 1. The Hall–Kier alpha value is -1.66. The first-order valence-electron chi connectivity index (χ1n) is 6.95. The molecule has 1 amide bonds. The van der Waals surface area contributed by atoms with Gasteiger partial charge in [-0.25, -0.2) is 0 Å². The van der Waals surface area contributed by atoms with E-state index in [0.29, 0.717) is 13.1 Å². The number of halogens is 1. The predicted molar refractivity (Wildman–Crippen MR) is 78.5 cm³/mol. The van der Waals surface area contributed by atoms with Crippen LogP contribution in [0.3, 0.4) is 0 Å². The fourth-order valence-electron chi connectivity index (χ4n) is 3.26. The van der Waals surface area contributed by atoms with Crippen LogP contribution >= 0.6 is 11.6 Å². The summed E-state index contributed by atoms with van der Waals surface area (Å²) in [7, 11) is 0. The Morgan fingerprint density at radius 2 is 2.24 bits per heavy atom. The van der Waals surface area contributed by atoms with Crippen molar-refractivity contribution >= 4 is 23.2 Å². The standard InChI is InChI=1S/C14H16ClN3O3/c15-10-1-2-11(12(7-10)18(20)21)13(19)17-6-4-14(9-17)3-5-16-8-14/h1-2,7,16H,3-6,8-9H2. The Morgan fingerprint density at radius 3 is 2.90 bits per heavy atom. The quantitative estimate of drug-likeness (QED) is 0.670. The third-order valence-corrected chi connectivity index (χ3v) is 4.68. The lowest BCUT2D eigenvalue weighted by Gasteiger charge is -2.22. The van der Waals surface area contributed by atoms with Crippen LogP contribution in [0.1, 0.15) is 23.2 Å². The molecule has 0 aliphatic carbocycles. The summed E-state index contributed by atoms with van der Waals surface area (Å²) in [5.41, 5.74) is 0.0436. The number of nitrogens with one attached hydrogen (secondary N) is 1. The maximum absolute atomic E-state index is 12.6. The molecule has 2 saturated heterocycles. The zero-order valence-electron chi connectivity index (χ0n) is 11.5. The number of hydrogen-bond donors (Lipinski definition) is 1. The van der Waals surface area contributed by atoms with Gasteiger partial charge in [0.25, 0.3) is 11.6 Å². The maximum Gasteiger partial charge on any atom is 0.283 e.